The molecule has 1 amide bonds. The summed E-state index contributed by atoms with van der Waals surface area (Å²) in [5.74, 6) is 0.895. The first-order valence-electron chi connectivity index (χ1n) is 11.4. The molecule has 3 heterocycles. The molecule has 2 aliphatic heterocycles. The molecule has 2 aromatic carbocycles. The molecule has 0 radical (unpaired) electrons. The Kier molecular flexibility index (Phi) is 6.05. The van der Waals surface area contributed by atoms with Crippen LogP contribution in [0, 0.1) is 11.3 Å². The van der Waals surface area contributed by atoms with E-state index in [0.717, 1.165) is 25.1 Å². The lowest BCUT2D eigenvalue weighted by Gasteiger charge is -2.53. The molecule has 33 heavy (non-hydrogen) atoms. The number of carbonyl (C=O) groups is 1. The third-order valence-corrected chi connectivity index (χ3v) is 6.64. The van der Waals surface area contributed by atoms with Crippen molar-refractivity contribution in [2.24, 2.45) is 0 Å². The molecular weight excluding hydrogens is 412 g/mol. The summed E-state index contributed by atoms with van der Waals surface area (Å²) in [6.45, 7) is 2.29. The molecule has 6 heteroatoms. The van der Waals surface area contributed by atoms with Crippen molar-refractivity contribution in [3.8, 4) is 11.8 Å². The molecule has 2 fully saturated rings. The third-order valence-electron chi connectivity index (χ3n) is 6.64. The number of rotatable bonds is 5. The van der Waals surface area contributed by atoms with Gasteiger partial charge >= 0.3 is 0 Å². The second-order valence-electron chi connectivity index (χ2n) is 8.61. The Morgan fingerprint density at radius 3 is 2.48 bits per heavy atom. The summed E-state index contributed by atoms with van der Waals surface area (Å²) in [4.78, 5) is 21.5. The number of piperidine rings is 1. The molecule has 0 unspecified atom stereocenters. The highest BCUT2D eigenvalue weighted by atomic mass is 16.5. The van der Waals surface area contributed by atoms with E-state index in [0.29, 0.717) is 30.3 Å². The summed E-state index contributed by atoms with van der Waals surface area (Å²) in [7, 11) is 0. The Bertz CT molecular complexity index is 1140. The maximum atomic E-state index is 12.9. The van der Waals surface area contributed by atoms with Crippen molar-refractivity contribution >= 4 is 5.91 Å². The minimum atomic E-state index is 0.00475. The predicted octanol–water partition coefficient (Wildman–Crippen LogP) is 4.06. The number of likely N-dealkylation sites (tertiary alicyclic amines) is 2. The van der Waals surface area contributed by atoms with Gasteiger partial charge in [-0.05, 0) is 60.9 Å². The number of pyridine rings is 1. The molecule has 2 atom stereocenters. The van der Waals surface area contributed by atoms with Gasteiger partial charge in [-0.2, -0.15) is 5.26 Å². The zero-order chi connectivity index (χ0) is 22.6. The van der Waals surface area contributed by atoms with Crippen molar-refractivity contribution in [3.05, 3.63) is 95.8 Å². The number of ether oxygens (including phenoxy) is 1. The fraction of sp³-hybridized carbons (Fsp3) is 0.296. The summed E-state index contributed by atoms with van der Waals surface area (Å²) in [5.41, 5.74) is 2.31. The first-order valence-corrected chi connectivity index (χ1v) is 11.4. The van der Waals surface area contributed by atoms with Crippen LogP contribution in [0.4, 0.5) is 0 Å². The molecule has 3 aromatic rings. The summed E-state index contributed by atoms with van der Waals surface area (Å²) >= 11 is 0. The zero-order valence-electron chi connectivity index (χ0n) is 18.4. The minimum Gasteiger partial charge on any atom is -0.487 e. The fourth-order valence-corrected chi connectivity index (χ4v) is 4.92. The average Bonchev–Trinajstić information content (AvgIpc) is 2.87. The first-order chi connectivity index (χ1) is 16.2. The lowest BCUT2D eigenvalue weighted by Crippen LogP contribution is -2.61. The van der Waals surface area contributed by atoms with Crippen LogP contribution in [0.2, 0.25) is 0 Å². The number of amides is 1. The van der Waals surface area contributed by atoms with Gasteiger partial charge in [-0.1, -0.05) is 24.3 Å². The zero-order valence-corrected chi connectivity index (χ0v) is 18.4. The van der Waals surface area contributed by atoms with Crippen LogP contribution in [0.5, 0.6) is 5.75 Å². The number of hydrogen-bond acceptors (Lipinski definition) is 5. The Hall–Kier alpha value is -3.69. The number of nitrogens with zero attached hydrogens (tertiary/aromatic N) is 4. The Balaban J connectivity index is 1.25. The summed E-state index contributed by atoms with van der Waals surface area (Å²) in [5, 5.41) is 9.12. The number of carbonyl (C=O) groups excluding carboxylic acids is 1. The van der Waals surface area contributed by atoms with Crippen LogP contribution in [0.1, 0.15) is 40.4 Å². The Labute approximate surface area is 194 Å². The van der Waals surface area contributed by atoms with Crippen molar-refractivity contribution in [2.75, 3.05) is 19.6 Å². The van der Waals surface area contributed by atoms with Crippen molar-refractivity contribution < 1.29 is 9.53 Å². The normalized spacial score (nSPS) is 21.1. The summed E-state index contributed by atoms with van der Waals surface area (Å²) in [6, 6.07) is 23.7. The summed E-state index contributed by atoms with van der Waals surface area (Å²) in [6.07, 6.45) is 5.60. The van der Waals surface area contributed by atoms with E-state index < -0.39 is 0 Å². The second-order valence-corrected chi connectivity index (χ2v) is 8.61. The van der Waals surface area contributed by atoms with Crippen LogP contribution < -0.4 is 4.74 Å². The van der Waals surface area contributed by atoms with Gasteiger partial charge in [-0.3, -0.25) is 14.7 Å². The van der Waals surface area contributed by atoms with Crippen LogP contribution >= 0.6 is 0 Å². The van der Waals surface area contributed by atoms with Gasteiger partial charge in [0, 0.05) is 43.6 Å². The van der Waals surface area contributed by atoms with Gasteiger partial charge < -0.3 is 9.64 Å². The van der Waals surface area contributed by atoms with Crippen LogP contribution in [0.15, 0.2) is 79.1 Å². The van der Waals surface area contributed by atoms with Crippen molar-refractivity contribution in [1.82, 2.24) is 14.8 Å². The van der Waals surface area contributed by atoms with E-state index in [1.165, 1.54) is 5.56 Å². The van der Waals surface area contributed by atoms with Gasteiger partial charge in [0.1, 0.15) is 11.9 Å². The van der Waals surface area contributed by atoms with E-state index in [9.17, 15) is 4.79 Å². The van der Waals surface area contributed by atoms with Gasteiger partial charge in [0.2, 0.25) is 0 Å². The monoisotopic (exact) mass is 438 g/mol. The minimum absolute atomic E-state index is 0.00475. The lowest BCUT2D eigenvalue weighted by molar-refractivity contribution is -0.0842. The highest BCUT2D eigenvalue weighted by Gasteiger charge is 2.46. The fourth-order valence-electron chi connectivity index (χ4n) is 4.92. The topological polar surface area (TPSA) is 69.5 Å². The molecule has 6 nitrogen and oxygen atoms in total. The van der Waals surface area contributed by atoms with Gasteiger partial charge in [0.15, 0.2) is 0 Å². The van der Waals surface area contributed by atoms with Gasteiger partial charge in [0.05, 0.1) is 17.7 Å². The quantitative estimate of drug-likeness (QED) is 0.601. The molecule has 2 aliphatic rings. The van der Waals surface area contributed by atoms with Crippen molar-refractivity contribution in [2.45, 2.75) is 31.0 Å². The van der Waals surface area contributed by atoms with E-state index in [4.69, 9.17) is 10.00 Å². The van der Waals surface area contributed by atoms with E-state index in [1.807, 2.05) is 47.6 Å². The highest BCUT2D eigenvalue weighted by Crippen LogP contribution is 2.40. The second kappa shape index (κ2) is 9.43. The number of para-hydroxylation sites is 1. The Morgan fingerprint density at radius 1 is 1.00 bits per heavy atom. The van der Waals surface area contributed by atoms with Gasteiger partial charge in [0.25, 0.3) is 5.91 Å². The van der Waals surface area contributed by atoms with Gasteiger partial charge in [-0.25, -0.2) is 0 Å². The van der Waals surface area contributed by atoms with Gasteiger partial charge in [-0.15, -0.1) is 0 Å². The van der Waals surface area contributed by atoms with Crippen LogP contribution in [0.3, 0.4) is 0 Å². The molecule has 1 aromatic heterocycles. The van der Waals surface area contributed by atoms with E-state index >= 15 is 0 Å². The number of benzene rings is 2. The van der Waals surface area contributed by atoms with Crippen LogP contribution in [-0.2, 0) is 0 Å². The number of nitriles is 1. The van der Waals surface area contributed by atoms with E-state index in [2.05, 4.69) is 28.1 Å². The Morgan fingerprint density at radius 2 is 1.76 bits per heavy atom. The van der Waals surface area contributed by atoms with Crippen LogP contribution in [0.25, 0.3) is 0 Å². The molecule has 166 valence electrons. The molecule has 5 rings (SSSR count). The van der Waals surface area contributed by atoms with E-state index in [-0.39, 0.29) is 18.1 Å². The maximum Gasteiger partial charge on any atom is 0.253 e. The molecule has 0 aliphatic carbocycles. The molecule has 2 saturated heterocycles. The van der Waals surface area contributed by atoms with E-state index in [1.54, 1.807) is 24.3 Å². The molecule has 0 bridgehead atoms. The first kappa shape index (κ1) is 21.2. The SMILES string of the molecule is N#Cc1cccc(C(=O)N2CCC(N3C[C@H](Oc4ccccc4)[C@@H]3c3ccncc3)CC2)c1. The lowest BCUT2D eigenvalue weighted by atomic mass is 9.87. The number of hydrogen-bond donors (Lipinski definition) is 0. The van der Waals surface area contributed by atoms with Crippen LogP contribution in [-0.4, -0.2) is 52.5 Å². The maximum absolute atomic E-state index is 12.9. The predicted molar refractivity (Wildman–Crippen MR) is 125 cm³/mol. The molecule has 0 saturated carbocycles. The highest BCUT2D eigenvalue weighted by molar-refractivity contribution is 5.94. The summed E-state index contributed by atoms with van der Waals surface area (Å²) < 4.78 is 6.32. The standard InChI is InChI=1S/C27H26N4O2/c28-18-20-5-4-6-22(17-20)27(32)30-15-11-23(12-16-30)31-19-25(33-24-7-2-1-3-8-24)26(31)21-9-13-29-14-10-21/h1-10,13-14,17,23,25-26H,11-12,15-16,19H2/t25-,26-/m0/s1. The third kappa shape index (κ3) is 4.46. The van der Waals surface area contributed by atoms with Crippen molar-refractivity contribution in [1.29, 1.82) is 5.26 Å². The largest absolute Gasteiger partial charge is 0.487 e. The smallest absolute Gasteiger partial charge is 0.253 e. The molecule has 0 spiro atoms. The number of aromatic nitrogens is 1. The molecule has 0 N–H and O–H groups in total. The average molecular weight is 439 g/mol. The van der Waals surface area contributed by atoms with Crippen molar-refractivity contribution in [3.63, 3.8) is 0 Å². The molecular formula is C27H26N4O2.